The summed E-state index contributed by atoms with van der Waals surface area (Å²) >= 11 is 0. The molecule has 0 radical (unpaired) electrons. The maximum Gasteiger partial charge on any atom is 0.325 e. The van der Waals surface area contributed by atoms with Gasteiger partial charge in [0.1, 0.15) is 6.54 Å². The van der Waals surface area contributed by atoms with Crippen molar-refractivity contribution in [3.05, 3.63) is 35.4 Å². The van der Waals surface area contributed by atoms with E-state index in [2.05, 4.69) is 17.6 Å². The van der Waals surface area contributed by atoms with Gasteiger partial charge in [-0.05, 0) is 37.8 Å². The molecule has 0 aliphatic heterocycles. The number of carbonyl (C=O) groups is 3. The molecular weight excluding hydrogens is 320 g/mol. The number of carbonyl (C=O) groups excluding carboxylic acids is 3. The minimum absolute atomic E-state index is 0.154. The van der Waals surface area contributed by atoms with Crippen molar-refractivity contribution in [2.45, 2.75) is 45.6 Å². The predicted molar refractivity (Wildman–Crippen MR) is 94.0 cm³/mol. The highest BCUT2D eigenvalue weighted by molar-refractivity contribution is 5.96. The van der Waals surface area contributed by atoms with Crippen LogP contribution in [0.3, 0.4) is 0 Å². The third-order valence-electron chi connectivity index (χ3n) is 4.50. The lowest BCUT2D eigenvalue weighted by Gasteiger charge is -2.29. The lowest BCUT2D eigenvalue weighted by molar-refractivity contribution is -0.147. The van der Waals surface area contributed by atoms with E-state index in [4.69, 9.17) is 4.74 Å². The number of hydrogen-bond acceptors (Lipinski definition) is 4. The fourth-order valence-electron chi connectivity index (χ4n) is 3.02. The summed E-state index contributed by atoms with van der Waals surface area (Å²) in [6, 6.07) is 7.23. The van der Waals surface area contributed by atoms with Crippen LogP contribution in [0.25, 0.3) is 0 Å². The Morgan fingerprint density at radius 2 is 1.96 bits per heavy atom. The molecule has 6 nitrogen and oxygen atoms in total. The van der Waals surface area contributed by atoms with Crippen molar-refractivity contribution in [3.8, 4) is 0 Å². The maximum absolute atomic E-state index is 11.9. The molecule has 2 atom stereocenters. The van der Waals surface area contributed by atoms with Gasteiger partial charge >= 0.3 is 5.97 Å². The first-order valence-electron chi connectivity index (χ1n) is 8.75. The summed E-state index contributed by atoms with van der Waals surface area (Å²) in [5.41, 5.74) is 1.45. The van der Waals surface area contributed by atoms with Crippen LogP contribution in [0.2, 0.25) is 0 Å². The monoisotopic (exact) mass is 346 g/mol. The zero-order valence-electron chi connectivity index (χ0n) is 14.8. The largest absolute Gasteiger partial charge is 0.454 e. The summed E-state index contributed by atoms with van der Waals surface area (Å²) in [6.45, 7) is 3.43. The summed E-state index contributed by atoms with van der Waals surface area (Å²) in [6.07, 6.45) is 4.38. The van der Waals surface area contributed by atoms with E-state index < -0.39 is 5.97 Å². The Hall–Kier alpha value is -2.37. The Morgan fingerprint density at radius 1 is 1.20 bits per heavy atom. The number of rotatable bonds is 6. The van der Waals surface area contributed by atoms with Gasteiger partial charge in [0.2, 0.25) is 0 Å². The van der Waals surface area contributed by atoms with Crippen LogP contribution in [0.1, 0.15) is 48.5 Å². The van der Waals surface area contributed by atoms with E-state index in [0.29, 0.717) is 11.5 Å². The first-order valence-corrected chi connectivity index (χ1v) is 8.75. The van der Waals surface area contributed by atoms with Crippen molar-refractivity contribution in [2.75, 3.05) is 13.2 Å². The molecule has 2 amide bonds. The smallest absolute Gasteiger partial charge is 0.325 e. The van der Waals surface area contributed by atoms with Crippen LogP contribution in [0.5, 0.6) is 0 Å². The second kappa shape index (κ2) is 9.20. The minimum atomic E-state index is -0.632. The second-order valence-corrected chi connectivity index (χ2v) is 6.65. The van der Waals surface area contributed by atoms with Crippen LogP contribution in [0.15, 0.2) is 24.3 Å². The van der Waals surface area contributed by atoms with Gasteiger partial charge in [-0.1, -0.05) is 37.5 Å². The van der Waals surface area contributed by atoms with E-state index in [9.17, 15) is 14.4 Å². The molecule has 1 aliphatic rings. The average molecular weight is 346 g/mol. The Kier molecular flexibility index (Phi) is 6.98. The van der Waals surface area contributed by atoms with E-state index in [1.54, 1.807) is 18.2 Å². The van der Waals surface area contributed by atoms with Gasteiger partial charge in [-0.2, -0.15) is 0 Å². The molecule has 2 rings (SSSR count). The zero-order chi connectivity index (χ0) is 18.2. The first kappa shape index (κ1) is 19.0. The normalized spacial score (nSPS) is 19.8. The Bertz CT molecular complexity index is 630. The summed E-state index contributed by atoms with van der Waals surface area (Å²) in [4.78, 5) is 35.5. The van der Waals surface area contributed by atoms with Gasteiger partial charge < -0.3 is 15.4 Å². The molecule has 0 saturated heterocycles. The number of esters is 1. The first-order chi connectivity index (χ1) is 12.0. The van der Waals surface area contributed by atoms with Crippen LogP contribution in [-0.2, 0) is 14.3 Å². The van der Waals surface area contributed by atoms with Crippen molar-refractivity contribution in [3.63, 3.8) is 0 Å². The van der Waals surface area contributed by atoms with Crippen LogP contribution in [-0.4, -0.2) is 37.0 Å². The molecule has 1 aromatic carbocycles. The average Bonchev–Trinajstić information content (AvgIpc) is 2.60. The number of ether oxygens (including phenoxy) is 1. The van der Waals surface area contributed by atoms with Crippen LogP contribution < -0.4 is 10.6 Å². The molecule has 1 saturated carbocycles. The Labute approximate surface area is 148 Å². The molecule has 0 bridgehead atoms. The molecule has 2 N–H and O–H groups in total. The molecule has 1 aliphatic carbocycles. The third-order valence-corrected chi connectivity index (χ3v) is 4.50. The van der Waals surface area contributed by atoms with Gasteiger partial charge in [-0.15, -0.1) is 0 Å². The molecule has 25 heavy (non-hydrogen) atoms. The summed E-state index contributed by atoms with van der Waals surface area (Å²) in [5, 5.41) is 5.41. The van der Waals surface area contributed by atoms with Crippen LogP contribution in [0.4, 0.5) is 0 Å². The van der Waals surface area contributed by atoms with Crippen molar-refractivity contribution in [1.82, 2.24) is 10.6 Å². The van der Waals surface area contributed by atoms with Gasteiger partial charge in [-0.3, -0.25) is 14.4 Å². The molecule has 6 heteroatoms. The minimum Gasteiger partial charge on any atom is -0.454 e. The molecular formula is C19H26N2O4. The van der Waals surface area contributed by atoms with Gasteiger partial charge in [0.25, 0.3) is 11.8 Å². The van der Waals surface area contributed by atoms with Crippen molar-refractivity contribution in [1.29, 1.82) is 0 Å². The zero-order valence-corrected chi connectivity index (χ0v) is 14.8. The molecule has 1 aromatic rings. The molecule has 2 unspecified atom stereocenters. The number of aryl methyl sites for hydroxylation is 1. The fraction of sp³-hybridized carbons (Fsp3) is 0.526. The van der Waals surface area contributed by atoms with Crippen LogP contribution in [0, 0.1) is 12.8 Å². The maximum atomic E-state index is 11.9. The van der Waals surface area contributed by atoms with Gasteiger partial charge in [0.15, 0.2) is 6.61 Å². The van der Waals surface area contributed by atoms with Crippen LogP contribution >= 0.6 is 0 Å². The van der Waals surface area contributed by atoms with E-state index in [0.717, 1.165) is 24.8 Å². The van der Waals surface area contributed by atoms with Gasteiger partial charge in [0, 0.05) is 11.6 Å². The van der Waals surface area contributed by atoms with E-state index >= 15 is 0 Å². The molecule has 0 spiro atoms. The van der Waals surface area contributed by atoms with Gasteiger partial charge in [0.05, 0.1) is 0 Å². The topological polar surface area (TPSA) is 84.5 Å². The summed E-state index contributed by atoms with van der Waals surface area (Å²) in [5.74, 6) is -0.826. The fourth-order valence-corrected chi connectivity index (χ4v) is 3.02. The lowest BCUT2D eigenvalue weighted by Crippen LogP contribution is -2.43. The predicted octanol–water partition coefficient (Wildman–Crippen LogP) is 1.96. The molecule has 0 aromatic heterocycles. The van der Waals surface area contributed by atoms with E-state index in [1.807, 2.05) is 13.0 Å². The molecule has 136 valence electrons. The lowest BCUT2D eigenvalue weighted by atomic mass is 9.86. The second-order valence-electron chi connectivity index (χ2n) is 6.65. The Balaban J connectivity index is 1.68. The summed E-state index contributed by atoms with van der Waals surface area (Å²) < 4.78 is 4.92. The van der Waals surface area contributed by atoms with Crippen molar-refractivity contribution < 1.29 is 19.1 Å². The van der Waals surface area contributed by atoms with E-state index in [1.165, 1.54) is 6.42 Å². The molecule has 1 fully saturated rings. The highest BCUT2D eigenvalue weighted by Crippen LogP contribution is 2.23. The number of benzene rings is 1. The quantitative estimate of drug-likeness (QED) is 0.771. The van der Waals surface area contributed by atoms with Crippen molar-refractivity contribution >= 4 is 17.8 Å². The van der Waals surface area contributed by atoms with E-state index in [-0.39, 0.29) is 31.0 Å². The molecule has 0 heterocycles. The van der Waals surface area contributed by atoms with Crippen molar-refractivity contribution in [2.24, 2.45) is 5.92 Å². The number of amides is 2. The van der Waals surface area contributed by atoms with Gasteiger partial charge in [-0.25, -0.2) is 0 Å². The SMILES string of the molecule is Cc1cccc(C(=O)NCC(=O)OCC(=O)NC2CCCCC2C)c1. The standard InChI is InChI=1S/C19H26N2O4/c1-13-6-5-8-15(10-13)19(24)20-11-18(23)25-12-17(22)21-16-9-4-3-7-14(16)2/h5-6,8,10,14,16H,3-4,7,9,11-12H2,1-2H3,(H,20,24)(H,21,22). The number of nitrogens with one attached hydrogen (secondary N) is 2. The summed E-state index contributed by atoms with van der Waals surface area (Å²) in [7, 11) is 0. The third kappa shape index (κ3) is 6.21. The number of hydrogen-bond donors (Lipinski definition) is 2. The highest BCUT2D eigenvalue weighted by Gasteiger charge is 2.23. The Morgan fingerprint density at radius 3 is 2.68 bits per heavy atom. The highest BCUT2D eigenvalue weighted by atomic mass is 16.5.